The number of fused-ring (bicyclic) bond motifs is 1. The van der Waals surface area contributed by atoms with Crippen molar-refractivity contribution in [2.45, 2.75) is 12.8 Å². The number of H-pyrrole nitrogens is 1. The van der Waals surface area contributed by atoms with Crippen LogP contribution in [-0.4, -0.2) is 71.5 Å². The molecule has 9 heteroatoms. The van der Waals surface area contributed by atoms with Crippen molar-refractivity contribution in [3.8, 4) is 0 Å². The highest BCUT2D eigenvalue weighted by Gasteiger charge is 2.22. The molecule has 3 aromatic rings. The lowest BCUT2D eigenvalue weighted by molar-refractivity contribution is 0.0638. The van der Waals surface area contributed by atoms with Crippen LogP contribution in [0.25, 0.3) is 11.0 Å². The van der Waals surface area contributed by atoms with E-state index in [1.54, 1.807) is 18.2 Å². The van der Waals surface area contributed by atoms with Crippen LogP contribution in [0.3, 0.4) is 0 Å². The molecule has 2 aromatic carbocycles. The molecule has 1 fully saturated rings. The van der Waals surface area contributed by atoms with Gasteiger partial charge in [0.1, 0.15) is 5.82 Å². The number of nitrogens with zero attached hydrogens (tertiary/aromatic N) is 3. The van der Waals surface area contributed by atoms with Crippen LogP contribution in [0.5, 0.6) is 0 Å². The molecule has 0 aliphatic carbocycles. The maximum Gasteiger partial charge on any atom is 0.253 e. The van der Waals surface area contributed by atoms with Gasteiger partial charge in [-0.1, -0.05) is 35.3 Å². The maximum absolute atomic E-state index is 12.7. The Morgan fingerprint density at radius 2 is 1.81 bits per heavy atom. The van der Waals surface area contributed by atoms with Crippen LogP contribution in [0.1, 0.15) is 22.6 Å². The highest BCUT2D eigenvalue weighted by atomic mass is 35.5. The molecule has 0 radical (unpaired) electrons. The van der Waals surface area contributed by atoms with Gasteiger partial charge >= 0.3 is 0 Å². The molecule has 1 aliphatic heterocycles. The Kier molecular flexibility index (Phi) is 9.20. The van der Waals surface area contributed by atoms with Gasteiger partial charge in [0, 0.05) is 51.3 Å². The molecule has 2 heterocycles. The molecule has 6 nitrogen and oxygen atoms in total. The number of carbonyl (C=O) groups is 1. The standard InChI is InChI=1S/C23H27Cl2N5O.ClH/c24-18-8-7-17(16-19(18)25)23(31)30-14-12-29(13-15-30)11-10-26-9-3-6-22-27-20-4-1-2-5-21(20)28-22;/h1-2,4-5,7-8,16,26H,3,6,9-15H2,(H,27,28);1H. The monoisotopic (exact) mass is 495 g/mol. The van der Waals surface area contributed by atoms with E-state index in [1.165, 1.54) is 0 Å². The summed E-state index contributed by atoms with van der Waals surface area (Å²) in [6.45, 7) is 6.12. The number of halogens is 3. The molecule has 1 amide bonds. The van der Waals surface area contributed by atoms with E-state index in [2.05, 4.69) is 26.3 Å². The Hall–Kier alpha value is -1.83. The fraction of sp³-hybridized carbons (Fsp3) is 0.391. The molecule has 0 unspecified atom stereocenters. The minimum Gasteiger partial charge on any atom is -0.342 e. The third kappa shape index (κ3) is 6.36. The molecular weight excluding hydrogens is 469 g/mol. The van der Waals surface area contributed by atoms with E-state index in [-0.39, 0.29) is 18.3 Å². The van der Waals surface area contributed by atoms with Gasteiger partial charge in [-0.2, -0.15) is 0 Å². The first kappa shape index (κ1) is 24.8. The number of imidazole rings is 1. The van der Waals surface area contributed by atoms with Crippen molar-refractivity contribution in [3.05, 3.63) is 63.9 Å². The molecule has 0 bridgehead atoms. The quantitative estimate of drug-likeness (QED) is 0.457. The molecule has 172 valence electrons. The number of aryl methyl sites for hydroxylation is 1. The summed E-state index contributed by atoms with van der Waals surface area (Å²) in [5, 5.41) is 4.40. The van der Waals surface area contributed by atoms with Gasteiger partial charge in [0.05, 0.1) is 21.1 Å². The van der Waals surface area contributed by atoms with E-state index in [0.29, 0.717) is 15.6 Å². The lowest BCUT2D eigenvalue weighted by atomic mass is 10.2. The second kappa shape index (κ2) is 11.9. The predicted molar refractivity (Wildman–Crippen MR) is 133 cm³/mol. The second-order valence-electron chi connectivity index (χ2n) is 7.82. The van der Waals surface area contributed by atoms with E-state index >= 15 is 0 Å². The van der Waals surface area contributed by atoms with Crippen molar-refractivity contribution in [2.24, 2.45) is 0 Å². The van der Waals surface area contributed by atoms with Crippen molar-refractivity contribution in [2.75, 3.05) is 45.8 Å². The van der Waals surface area contributed by atoms with Crippen molar-refractivity contribution >= 4 is 52.5 Å². The average Bonchev–Trinajstić information content (AvgIpc) is 3.21. The highest BCUT2D eigenvalue weighted by molar-refractivity contribution is 6.42. The molecular formula is C23H28Cl3N5O. The third-order valence-electron chi connectivity index (χ3n) is 5.64. The summed E-state index contributed by atoms with van der Waals surface area (Å²) in [7, 11) is 0. The molecule has 2 N–H and O–H groups in total. The fourth-order valence-electron chi connectivity index (χ4n) is 3.85. The van der Waals surface area contributed by atoms with Crippen molar-refractivity contribution in [3.63, 3.8) is 0 Å². The molecule has 0 saturated carbocycles. The number of aromatic nitrogens is 2. The zero-order valence-electron chi connectivity index (χ0n) is 17.8. The Balaban J connectivity index is 0.00000289. The minimum atomic E-state index is 0. The minimum absolute atomic E-state index is 0. The summed E-state index contributed by atoms with van der Waals surface area (Å²) in [4.78, 5) is 24.9. The van der Waals surface area contributed by atoms with E-state index in [0.717, 1.165) is 75.5 Å². The largest absolute Gasteiger partial charge is 0.342 e. The lowest BCUT2D eigenvalue weighted by Gasteiger charge is -2.34. The number of hydrogen-bond acceptors (Lipinski definition) is 4. The summed E-state index contributed by atoms with van der Waals surface area (Å²) in [5.74, 6) is 1.06. The van der Waals surface area contributed by atoms with Crippen LogP contribution in [0.2, 0.25) is 10.0 Å². The van der Waals surface area contributed by atoms with Crippen LogP contribution in [0.15, 0.2) is 42.5 Å². The Morgan fingerprint density at radius 1 is 1.03 bits per heavy atom. The molecule has 32 heavy (non-hydrogen) atoms. The number of carbonyl (C=O) groups excluding carboxylic acids is 1. The average molecular weight is 497 g/mol. The van der Waals surface area contributed by atoms with Gasteiger partial charge in [-0.15, -0.1) is 12.4 Å². The van der Waals surface area contributed by atoms with Crippen molar-refractivity contribution < 1.29 is 4.79 Å². The van der Waals surface area contributed by atoms with Crippen LogP contribution in [-0.2, 0) is 6.42 Å². The highest BCUT2D eigenvalue weighted by Crippen LogP contribution is 2.23. The number of rotatable bonds is 8. The van der Waals surface area contributed by atoms with Crippen LogP contribution in [0.4, 0.5) is 0 Å². The van der Waals surface area contributed by atoms with E-state index in [1.807, 2.05) is 23.1 Å². The normalized spacial score (nSPS) is 14.5. The molecule has 0 spiro atoms. The lowest BCUT2D eigenvalue weighted by Crippen LogP contribution is -2.50. The molecule has 1 saturated heterocycles. The Labute approximate surface area is 204 Å². The zero-order chi connectivity index (χ0) is 21.6. The summed E-state index contributed by atoms with van der Waals surface area (Å²) in [6.07, 6.45) is 1.99. The maximum atomic E-state index is 12.7. The van der Waals surface area contributed by atoms with E-state index in [4.69, 9.17) is 23.2 Å². The van der Waals surface area contributed by atoms with Crippen molar-refractivity contribution in [1.29, 1.82) is 0 Å². The first-order valence-electron chi connectivity index (χ1n) is 10.7. The smallest absolute Gasteiger partial charge is 0.253 e. The molecule has 1 aromatic heterocycles. The SMILES string of the molecule is Cl.O=C(c1ccc(Cl)c(Cl)c1)N1CCN(CCNCCCc2nc3ccccc3[nH]2)CC1. The molecule has 1 aliphatic rings. The van der Waals surface area contributed by atoms with Gasteiger partial charge in [0.2, 0.25) is 0 Å². The Morgan fingerprint density at radius 3 is 2.56 bits per heavy atom. The van der Waals surface area contributed by atoms with Gasteiger partial charge in [-0.3, -0.25) is 9.69 Å². The van der Waals surface area contributed by atoms with Crippen LogP contribution in [0, 0.1) is 0 Å². The van der Waals surface area contributed by atoms with Gasteiger partial charge in [-0.05, 0) is 43.3 Å². The van der Waals surface area contributed by atoms with Gasteiger partial charge in [0.15, 0.2) is 0 Å². The zero-order valence-corrected chi connectivity index (χ0v) is 20.1. The first-order valence-corrected chi connectivity index (χ1v) is 11.5. The fourth-order valence-corrected chi connectivity index (χ4v) is 4.15. The van der Waals surface area contributed by atoms with Crippen LogP contribution >= 0.6 is 35.6 Å². The van der Waals surface area contributed by atoms with Gasteiger partial charge in [-0.25, -0.2) is 4.98 Å². The molecule has 4 rings (SSSR count). The number of nitrogens with one attached hydrogen (secondary N) is 2. The number of piperazine rings is 1. The predicted octanol–water partition coefficient (Wildman–Crippen LogP) is 4.27. The van der Waals surface area contributed by atoms with E-state index in [9.17, 15) is 4.79 Å². The number of para-hydroxylation sites is 2. The van der Waals surface area contributed by atoms with Crippen LogP contribution < -0.4 is 5.32 Å². The number of aromatic amines is 1. The molecule has 0 atom stereocenters. The van der Waals surface area contributed by atoms with Gasteiger partial charge < -0.3 is 15.2 Å². The van der Waals surface area contributed by atoms with E-state index < -0.39 is 0 Å². The summed E-state index contributed by atoms with van der Waals surface area (Å²) >= 11 is 12.0. The van der Waals surface area contributed by atoms with Crippen molar-refractivity contribution in [1.82, 2.24) is 25.1 Å². The Bertz CT molecular complexity index is 1000. The summed E-state index contributed by atoms with van der Waals surface area (Å²) < 4.78 is 0. The number of benzene rings is 2. The topological polar surface area (TPSA) is 64.3 Å². The first-order chi connectivity index (χ1) is 15.1. The van der Waals surface area contributed by atoms with Gasteiger partial charge in [0.25, 0.3) is 5.91 Å². The second-order valence-corrected chi connectivity index (χ2v) is 8.63. The number of hydrogen-bond donors (Lipinski definition) is 2. The third-order valence-corrected chi connectivity index (χ3v) is 6.38. The summed E-state index contributed by atoms with van der Waals surface area (Å²) in [6, 6.07) is 13.2. The summed E-state index contributed by atoms with van der Waals surface area (Å²) in [5.41, 5.74) is 2.72. The number of amides is 1.